The largest absolute Gasteiger partial charge is 0.466 e. The molecule has 0 unspecified atom stereocenters. The van der Waals surface area contributed by atoms with Gasteiger partial charge in [0.2, 0.25) is 0 Å². The van der Waals surface area contributed by atoms with Crippen LogP contribution in [0.2, 0.25) is 0 Å². The number of carbonyl (C=O) groups excluding carboxylic acids is 2. The first kappa shape index (κ1) is 25.5. The van der Waals surface area contributed by atoms with Gasteiger partial charge in [0.1, 0.15) is 12.4 Å². The SMILES string of the molecule is COC(=O)C1=C(C(=O)OC)N(c2cc(C(C)(C)C)ccc2-c2ccc(C(C)(C)C)cc2)COC1. The monoisotopic (exact) mass is 465 g/mol. The van der Waals surface area contributed by atoms with Crippen LogP contribution in [0.5, 0.6) is 0 Å². The zero-order chi connectivity index (χ0) is 25.3. The highest BCUT2D eigenvalue weighted by Gasteiger charge is 2.34. The van der Waals surface area contributed by atoms with E-state index in [9.17, 15) is 9.59 Å². The van der Waals surface area contributed by atoms with Gasteiger partial charge >= 0.3 is 11.9 Å². The Hall–Kier alpha value is -3.12. The maximum absolute atomic E-state index is 12.9. The van der Waals surface area contributed by atoms with Crippen LogP contribution in [0.1, 0.15) is 52.7 Å². The Morgan fingerprint density at radius 1 is 0.824 bits per heavy atom. The fourth-order valence-corrected chi connectivity index (χ4v) is 3.95. The standard InChI is InChI=1S/C28H35NO5/c1-27(2,3)19-11-9-18(10-12-19)21-14-13-20(28(4,5)6)15-23(21)29-17-34-16-22(25(30)32-7)24(29)26(31)33-8/h9-15H,16-17H2,1-8H3. The Morgan fingerprint density at radius 3 is 1.91 bits per heavy atom. The molecule has 0 saturated carbocycles. The van der Waals surface area contributed by atoms with Crippen LogP contribution in [0, 0.1) is 0 Å². The Labute approximate surface area is 202 Å². The van der Waals surface area contributed by atoms with Crippen LogP contribution in [0.25, 0.3) is 11.1 Å². The van der Waals surface area contributed by atoms with Crippen molar-refractivity contribution in [1.29, 1.82) is 0 Å². The summed E-state index contributed by atoms with van der Waals surface area (Å²) in [6.07, 6.45) is 0. The van der Waals surface area contributed by atoms with E-state index >= 15 is 0 Å². The molecule has 34 heavy (non-hydrogen) atoms. The van der Waals surface area contributed by atoms with Crippen molar-refractivity contribution in [2.75, 3.05) is 32.5 Å². The predicted molar refractivity (Wildman–Crippen MR) is 134 cm³/mol. The van der Waals surface area contributed by atoms with Gasteiger partial charge < -0.3 is 19.1 Å². The minimum Gasteiger partial charge on any atom is -0.466 e. The van der Waals surface area contributed by atoms with E-state index in [0.717, 1.165) is 22.4 Å². The second-order valence-electron chi connectivity index (χ2n) is 10.5. The molecule has 0 aliphatic carbocycles. The molecule has 0 fully saturated rings. The Balaban J connectivity index is 2.26. The summed E-state index contributed by atoms with van der Waals surface area (Å²) in [4.78, 5) is 27.1. The van der Waals surface area contributed by atoms with Crippen molar-refractivity contribution < 1.29 is 23.8 Å². The van der Waals surface area contributed by atoms with Gasteiger partial charge in [-0.1, -0.05) is 77.9 Å². The van der Waals surface area contributed by atoms with E-state index in [0.29, 0.717) is 0 Å². The minimum absolute atomic E-state index is 0.0256. The molecule has 1 aliphatic heterocycles. The molecule has 0 aromatic heterocycles. The number of anilines is 1. The molecule has 0 bridgehead atoms. The van der Waals surface area contributed by atoms with Crippen LogP contribution in [0.4, 0.5) is 5.69 Å². The van der Waals surface area contributed by atoms with Gasteiger partial charge in [-0.05, 0) is 33.6 Å². The van der Waals surface area contributed by atoms with Crippen molar-refractivity contribution in [3.05, 3.63) is 64.9 Å². The molecule has 0 N–H and O–H groups in total. The summed E-state index contributed by atoms with van der Waals surface area (Å²) in [6.45, 7) is 13.0. The van der Waals surface area contributed by atoms with Gasteiger partial charge in [-0.3, -0.25) is 0 Å². The second kappa shape index (κ2) is 9.63. The Bertz CT molecular complexity index is 1100. The van der Waals surface area contributed by atoms with E-state index in [4.69, 9.17) is 14.2 Å². The van der Waals surface area contributed by atoms with Crippen LogP contribution in [-0.4, -0.2) is 39.5 Å². The number of ether oxygens (including phenoxy) is 3. The van der Waals surface area contributed by atoms with E-state index in [1.54, 1.807) is 4.90 Å². The average Bonchev–Trinajstić information content (AvgIpc) is 2.81. The molecule has 0 amide bonds. The van der Waals surface area contributed by atoms with Crippen LogP contribution in [0.15, 0.2) is 53.7 Å². The van der Waals surface area contributed by atoms with E-state index in [1.165, 1.54) is 19.8 Å². The lowest BCUT2D eigenvalue weighted by molar-refractivity contribution is -0.140. The molecule has 182 valence electrons. The molecule has 3 rings (SSSR count). The van der Waals surface area contributed by atoms with Crippen molar-refractivity contribution in [3.63, 3.8) is 0 Å². The van der Waals surface area contributed by atoms with Crippen LogP contribution in [-0.2, 0) is 34.6 Å². The van der Waals surface area contributed by atoms with Gasteiger partial charge in [-0.2, -0.15) is 0 Å². The van der Waals surface area contributed by atoms with Crippen LogP contribution in [0.3, 0.4) is 0 Å². The fourth-order valence-electron chi connectivity index (χ4n) is 3.95. The van der Waals surface area contributed by atoms with Crippen molar-refractivity contribution >= 4 is 17.6 Å². The van der Waals surface area contributed by atoms with Crippen molar-refractivity contribution in [1.82, 2.24) is 0 Å². The summed E-state index contributed by atoms with van der Waals surface area (Å²) in [5, 5.41) is 0. The molecule has 0 radical (unpaired) electrons. The van der Waals surface area contributed by atoms with E-state index in [1.807, 2.05) is 0 Å². The van der Waals surface area contributed by atoms with Gasteiger partial charge in [-0.25, -0.2) is 9.59 Å². The zero-order valence-corrected chi connectivity index (χ0v) is 21.4. The predicted octanol–water partition coefficient (Wildman–Crippen LogP) is 5.34. The normalized spacial score (nSPS) is 14.8. The van der Waals surface area contributed by atoms with Gasteiger partial charge in [0.05, 0.1) is 32.1 Å². The van der Waals surface area contributed by atoms with Crippen molar-refractivity contribution in [2.45, 2.75) is 52.4 Å². The number of carbonyl (C=O) groups is 2. The number of hydrogen-bond donors (Lipinski definition) is 0. The fraction of sp³-hybridized carbons (Fsp3) is 0.429. The molecule has 0 saturated heterocycles. The van der Waals surface area contributed by atoms with Gasteiger partial charge in [-0.15, -0.1) is 0 Å². The lowest BCUT2D eigenvalue weighted by Gasteiger charge is -2.34. The highest BCUT2D eigenvalue weighted by atomic mass is 16.5. The maximum atomic E-state index is 12.9. The van der Waals surface area contributed by atoms with Crippen molar-refractivity contribution in [2.24, 2.45) is 0 Å². The molecular weight excluding hydrogens is 430 g/mol. The second-order valence-corrected chi connectivity index (χ2v) is 10.5. The number of benzene rings is 2. The molecule has 0 spiro atoms. The first-order valence-corrected chi connectivity index (χ1v) is 11.4. The third-order valence-electron chi connectivity index (χ3n) is 6.05. The summed E-state index contributed by atoms with van der Waals surface area (Å²) >= 11 is 0. The molecule has 2 aromatic rings. The minimum atomic E-state index is -0.617. The lowest BCUT2D eigenvalue weighted by atomic mass is 9.84. The average molecular weight is 466 g/mol. The quantitative estimate of drug-likeness (QED) is 0.568. The molecule has 6 heteroatoms. The van der Waals surface area contributed by atoms with Gasteiger partial charge in [0.15, 0.2) is 0 Å². The number of rotatable bonds is 4. The number of hydrogen-bond acceptors (Lipinski definition) is 6. The van der Waals surface area contributed by atoms with Gasteiger partial charge in [0, 0.05) is 5.56 Å². The summed E-state index contributed by atoms with van der Waals surface area (Å²) in [7, 11) is 2.58. The smallest absolute Gasteiger partial charge is 0.355 e. The van der Waals surface area contributed by atoms with Crippen molar-refractivity contribution in [3.8, 4) is 11.1 Å². The lowest BCUT2D eigenvalue weighted by Crippen LogP contribution is -2.39. The first-order valence-electron chi connectivity index (χ1n) is 11.4. The van der Waals surface area contributed by atoms with Crippen LogP contribution < -0.4 is 4.90 Å². The highest BCUT2D eigenvalue weighted by molar-refractivity contribution is 6.04. The summed E-state index contributed by atoms with van der Waals surface area (Å²) < 4.78 is 15.7. The molecular formula is C28H35NO5. The zero-order valence-electron chi connectivity index (χ0n) is 21.4. The summed E-state index contributed by atoms with van der Waals surface area (Å²) in [5.41, 5.74) is 5.18. The van der Waals surface area contributed by atoms with E-state index in [2.05, 4.69) is 84.0 Å². The third-order valence-corrected chi connectivity index (χ3v) is 6.05. The first-order chi connectivity index (χ1) is 15.9. The van der Waals surface area contributed by atoms with Gasteiger partial charge in [0.25, 0.3) is 0 Å². The molecule has 1 heterocycles. The molecule has 2 aromatic carbocycles. The van der Waals surface area contributed by atoms with E-state index < -0.39 is 11.9 Å². The Kier molecular flexibility index (Phi) is 7.22. The number of esters is 2. The molecule has 0 atom stereocenters. The molecule has 1 aliphatic rings. The maximum Gasteiger partial charge on any atom is 0.355 e. The number of methoxy groups -OCH3 is 2. The van der Waals surface area contributed by atoms with E-state index in [-0.39, 0.29) is 35.4 Å². The molecule has 6 nitrogen and oxygen atoms in total. The Morgan fingerprint density at radius 2 is 1.38 bits per heavy atom. The number of nitrogens with zero attached hydrogens (tertiary/aromatic N) is 1. The summed E-state index contributed by atoms with van der Waals surface area (Å²) in [6, 6.07) is 14.6. The summed E-state index contributed by atoms with van der Waals surface area (Å²) in [5.74, 6) is -1.23. The van der Waals surface area contributed by atoms with Crippen LogP contribution >= 0.6 is 0 Å². The highest BCUT2D eigenvalue weighted by Crippen LogP contribution is 2.39. The topological polar surface area (TPSA) is 65.1 Å². The third kappa shape index (κ3) is 5.17.